The number of amides is 1. The normalized spacial score (nSPS) is 10.4. The molecule has 2 aromatic rings. The summed E-state index contributed by atoms with van der Waals surface area (Å²) in [4.78, 5) is 15.4. The maximum Gasteiger partial charge on any atom is 0.254 e. The van der Waals surface area contributed by atoms with E-state index < -0.39 is 0 Å². The molecule has 0 aliphatic heterocycles. The van der Waals surface area contributed by atoms with Crippen molar-refractivity contribution in [2.75, 3.05) is 19.0 Å². The summed E-state index contributed by atoms with van der Waals surface area (Å²) in [6.45, 7) is 2.50. The molecule has 2 aromatic carbocycles. The SMILES string of the molecule is CSc1ccc(CN(C)C(=O)c2ccc(N)cc2C)cc1. The van der Waals surface area contributed by atoms with Crippen molar-refractivity contribution in [2.24, 2.45) is 0 Å². The van der Waals surface area contributed by atoms with Crippen LogP contribution in [0.5, 0.6) is 0 Å². The van der Waals surface area contributed by atoms with E-state index in [1.165, 1.54) is 4.90 Å². The molecule has 0 saturated heterocycles. The van der Waals surface area contributed by atoms with Crippen molar-refractivity contribution < 1.29 is 4.79 Å². The molecule has 0 heterocycles. The van der Waals surface area contributed by atoms with Gasteiger partial charge < -0.3 is 10.6 Å². The number of anilines is 1. The van der Waals surface area contributed by atoms with E-state index in [9.17, 15) is 4.79 Å². The molecule has 110 valence electrons. The zero-order valence-corrected chi connectivity index (χ0v) is 13.4. The molecule has 0 fully saturated rings. The number of nitrogen functional groups attached to an aromatic ring is 1. The van der Waals surface area contributed by atoms with Crippen LogP contribution in [-0.2, 0) is 6.54 Å². The summed E-state index contributed by atoms with van der Waals surface area (Å²) in [5, 5.41) is 0. The number of benzene rings is 2. The van der Waals surface area contributed by atoms with E-state index in [4.69, 9.17) is 5.73 Å². The number of hydrogen-bond acceptors (Lipinski definition) is 3. The summed E-state index contributed by atoms with van der Waals surface area (Å²) < 4.78 is 0. The number of carbonyl (C=O) groups is 1. The van der Waals surface area contributed by atoms with Crippen molar-refractivity contribution >= 4 is 23.4 Å². The molecule has 0 aromatic heterocycles. The quantitative estimate of drug-likeness (QED) is 0.693. The summed E-state index contributed by atoms with van der Waals surface area (Å²) in [6, 6.07) is 13.7. The van der Waals surface area contributed by atoms with Gasteiger partial charge in [0.15, 0.2) is 0 Å². The van der Waals surface area contributed by atoms with Gasteiger partial charge in [0.1, 0.15) is 0 Å². The van der Waals surface area contributed by atoms with Crippen molar-refractivity contribution in [3.8, 4) is 0 Å². The summed E-state index contributed by atoms with van der Waals surface area (Å²) in [5.74, 6) is 0.0152. The van der Waals surface area contributed by atoms with Gasteiger partial charge in [-0.3, -0.25) is 4.79 Å². The van der Waals surface area contributed by atoms with Crippen LogP contribution < -0.4 is 5.73 Å². The monoisotopic (exact) mass is 300 g/mol. The molecule has 1 amide bonds. The van der Waals surface area contributed by atoms with Crippen LogP contribution in [0.25, 0.3) is 0 Å². The van der Waals surface area contributed by atoms with Crippen molar-refractivity contribution in [1.29, 1.82) is 0 Å². The minimum Gasteiger partial charge on any atom is -0.399 e. The van der Waals surface area contributed by atoms with Gasteiger partial charge in [-0.25, -0.2) is 0 Å². The lowest BCUT2D eigenvalue weighted by Crippen LogP contribution is -2.26. The van der Waals surface area contributed by atoms with E-state index in [0.717, 1.165) is 11.1 Å². The van der Waals surface area contributed by atoms with Gasteiger partial charge in [-0.1, -0.05) is 12.1 Å². The highest BCUT2D eigenvalue weighted by Gasteiger charge is 2.14. The first-order valence-electron chi connectivity index (χ1n) is 6.76. The van der Waals surface area contributed by atoms with E-state index in [1.807, 2.05) is 20.0 Å². The Labute approximate surface area is 130 Å². The van der Waals surface area contributed by atoms with Crippen LogP contribution in [0.15, 0.2) is 47.4 Å². The van der Waals surface area contributed by atoms with Crippen LogP contribution in [0.4, 0.5) is 5.69 Å². The van der Waals surface area contributed by atoms with Crippen molar-refractivity contribution in [1.82, 2.24) is 4.90 Å². The molecule has 0 spiro atoms. The highest BCUT2D eigenvalue weighted by atomic mass is 32.2. The molecule has 0 radical (unpaired) electrons. The maximum absolute atomic E-state index is 12.5. The van der Waals surface area contributed by atoms with Gasteiger partial charge in [0, 0.05) is 29.7 Å². The summed E-state index contributed by atoms with van der Waals surface area (Å²) in [6.07, 6.45) is 2.05. The minimum atomic E-state index is 0.0152. The summed E-state index contributed by atoms with van der Waals surface area (Å²) in [7, 11) is 1.82. The summed E-state index contributed by atoms with van der Waals surface area (Å²) in [5.41, 5.74) is 9.14. The Morgan fingerprint density at radius 3 is 2.43 bits per heavy atom. The van der Waals surface area contributed by atoms with Crippen LogP contribution in [0.2, 0.25) is 0 Å². The average Bonchev–Trinajstić information content (AvgIpc) is 2.47. The molecule has 0 aliphatic carbocycles. The number of hydrogen-bond donors (Lipinski definition) is 1. The fraction of sp³-hybridized carbons (Fsp3) is 0.235. The number of nitrogens with zero attached hydrogens (tertiary/aromatic N) is 1. The molecule has 3 nitrogen and oxygen atoms in total. The third kappa shape index (κ3) is 3.79. The standard InChI is InChI=1S/C17H20N2OS/c1-12-10-14(18)6-9-16(12)17(20)19(2)11-13-4-7-15(21-3)8-5-13/h4-10H,11,18H2,1-3H3. The topological polar surface area (TPSA) is 46.3 Å². The van der Waals surface area contributed by atoms with Crippen molar-refractivity contribution in [3.63, 3.8) is 0 Å². The van der Waals surface area contributed by atoms with E-state index >= 15 is 0 Å². The lowest BCUT2D eigenvalue weighted by atomic mass is 10.1. The molecule has 2 N–H and O–H groups in total. The molecule has 2 rings (SSSR count). The minimum absolute atomic E-state index is 0.0152. The number of carbonyl (C=O) groups excluding carboxylic acids is 1. The van der Waals surface area contributed by atoms with E-state index in [-0.39, 0.29) is 5.91 Å². The van der Waals surface area contributed by atoms with E-state index in [0.29, 0.717) is 17.8 Å². The van der Waals surface area contributed by atoms with Gasteiger partial charge in [-0.15, -0.1) is 11.8 Å². The second kappa shape index (κ2) is 6.68. The third-order valence-electron chi connectivity index (χ3n) is 3.41. The molecule has 0 bridgehead atoms. The van der Waals surface area contributed by atoms with Gasteiger partial charge in [0.25, 0.3) is 5.91 Å². The molecular formula is C17H20N2OS. The third-order valence-corrected chi connectivity index (χ3v) is 4.15. The van der Waals surface area contributed by atoms with Gasteiger partial charge in [-0.05, 0) is 54.6 Å². The number of rotatable bonds is 4. The highest BCUT2D eigenvalue weighted by molar-refractivity contribution is 7.98. The molecule has 0 aliphatic rings. The average molecular weight is 300 g/mol. The van der Waals surface area contributed by atoms with Crippen LogP contribution in [0, 0.1) is 6.92 Å². The fourth-order valence-corrected chi connectivity index (χ4v) is 2.62. The Morgan fingerprint density at radius 2 is 1.86 bits per heavy atom. The summed E-state index contributed by atoms with van der Waals surface area (Å²) >= 11 is 1.71. The molecule has 0 saturated carbocycles. The Kier molecular flexibility index (Phi) is 4.91. The smallest absolute Gasteiger partial charge is 0.254 e. The predicted molar refractivity (Wildman–Crippen MR) is 89.6 cm³/mol. The van der Waals surface area contributed by atoms with Crippen LogP contribution >= 0.6 is 11.8 Å². The number of thioether (sulfide) groups is 1. The lowest BCUT2D eigenvalue weighted by Gasteiger charge is -2.19. The van der Waals surface area contributed by atoms with Crippen LogP contribution in [-0.4, -0.2) is 24.1 Å². The van der Waals surface area contributed by atoms with Gasteiger partial charge in [0.05, 0.1) is 0 Å². The molecule has 4 heteroatoms. The second-order valence-corrected chi connectivity index (χ2v) is 5.96. The van der Waals surface area contributed by atoms with E-state index in [1.54, 1.807) is 28.8 Å². The highest BCUT2D eigenvalue weighted by Crippen LogP contribution is 2.18. The first-order chi connectivity index (χ1) is 10.0. The lowest BCUT2D eigenvalue weighted by molar-refractivity contribution is 0.0784. The van der Waals surface area contributed by atoms with Gasteiger partial charge in [-0.2, -0.15) is 0 Å². The maximum atomic E-state index is 12.5. The largest absolute Gasteiger partial charge is 0.399 e. The zero-order valence-electron chi connectivity index (χ0n) is 12.6. The second-order valence-electron chi connectivity index (χ2n) is 5.08. The van der Waals surface area contributed by atoms with Crippen LogP contribution in [0.1, 0.15) is 21.5 Å². The van der Waals surface area contributed by atoms with Crippen LogP contribution in [0.3, 0.4) is 0 Å². The van der Waals surface area contributed by atoms with Gasteiger partial charge >= 0.3 is 0 Å². The Morgan fingerprint density at radius 1 is 1.19 bits per heavy atom. The Hall–Kier alpha value is -1.94. The van der Waals surface area contributed by atoms with E-state index in [2.05, 4.69) is 30.5 Å². The molecule has 21 heavy (non-hydrogen) atoms. The number of aryl methyl sites for hydroxylation is 1. The molecule has 0 unspecified atom stereocenters. The van der Waals surface area contributed by atoms with Crippen molar-refractivity contribution in [2.45, 2.75) is 18.4 Å². The first-order valence-corrected chi connectivity index (χ1v) is 7.98. The number of nitrogens with two attached hydrogens (primary N) is 1. The fourth-order valence-electron chi connectivity index (χ4n) is 2.21. The Bertz CT molecular complexity index is 638. The van der Waals surface area contributed by atoms with Gasteiger partial charge in [0.2, 0.25) is 0 Å². The first kappa shape index (κ1) is 15.4. The zero-order chi connectivity index (χ0) is 15.4. The Balaban J connectivity index is 2.11. The molecule has 0 atom stereocenters. The molecular weight excluding hydrogens is 280 g/mol. The van der Waals surface area contributed by atoms with Crippen molar-refractivity contribution in [3.05, 3.63) is 59.2 Å². The predicted octanol–water partition coefficient (Wildman–Crippen LogP) is 3.57.